The summed E-state index contributed by atoms with van der Waals surface area (Å²) in [7, 11) is 0. The van der Waals surface area contributed by atoms with Gasteiger partial charge in [0, 0.05) is 11.0 Å². The van der Waals surface area contributed by atoms with E-state index in [4.69, 9.17) is 10.2 Å². The molecule has 6 heteroatoms. The van der Waals surface area contributed by atoms with E-state index in [9.17, 15) is 9.59 Å². The van der Waals surface area contributed by atoms with Crippen LogP contribution in [-0.4, -0.2) is 34.7 Å². The molecule has 0 saturated heterocycles. The molecule has 0 aliphatic carbocycles. The fourth-order valence-corrected chi connectivity index (χ4v) is 1.51. The van der Waals surface area contributed by atoms with E-state index >= 15 is 0 Å². The van der Waals surface area contributed by atoms with Gasteiger partial charge >= 0.3 is 5.97 Å². The highest BCUT2D eigenvalue weighted by Crippen LogP contribution is 2.09. The predicted molar refractivity (Wildman–Crippen MR) is 60.0 cm³/mol. The van der Waals surface area contributed by atoms with E-state index in [2.05, 4.69) is 5.32 Å². The lowest BCUT2D eigenvalue weighted by Crippen LogP contribution is -2.35. The number of hydrogen-bond donors (Lipinski definition) is 3. The number of rotatable bonds is 5. The van der Waals surface area contributed by atoms with Crippen LogP contribution in [-0.2, 0) is 9.59 Å². The van der Waals surface area contributed by atoms with Crippen LogP contribution in [0.15, 0.2) is 23.6 Å². The van der Waals surface area contributed by atoms with E-state index in [0.29, 0.717) is 0 Å². The number of aliphatic hydroxyl groups excluding tert-OH is 1. The van der Waals surface area contributed by atoms with Gasteiger partial charge in [0.2, 0.25) is 5.91 Å². The minimum absolute atomic E-state index is 0.303. The minimum atomic E-state index is -1.57. The maximum Gasteiger partial charge on any atom is 0.334 e. The van der Waals surface area contributed by atoms with Crippen LogP contribution in [0.3, 0.4) is 0 Å². The van der Waals surface area contributed by atoms with Gasteiger partial charge in [0.1, 0.15) is 0 Å². The molecule has 16 heavy (non-hydrogen) atoms. The number of carbonyl (C=O) groups is 2. The molecule has 0 bridgehead atoms. The average molecular weight is 241 g/mol. The Bertz CT molecular complexity index is 386. The third kappa shape index (κ3) is 4.24. The molecule has 1 aromatic heterocycles. The summed E-state index contributed by atoms with van der Waals surface area (Å²) in [6.45, 7) is -0.303. The van der Waals surface area contributed by atoms with Crippen LogP contribution >= 0.6 is 11.3 Å². The number of aliphatic hydroxyl groups is 1. The van der Waals surface area contributed by atoms with E-state index in [0.717, 1.165) is 4.88 Å². The molecule has 5 nitrogen and oxygen atoms in total. The first-order chi connectivity index (χ1) is 7.59. The Labute approximate surface area is 96.0 Å². The van der Waals surface area contributed by atoms with E-state index in [1.165, 1.54) is 17.4 Å². The standard InChI is InChI=1S/C10H11NO4S/c12-8(10(14)15)6-11-9(13)4-3-7-2-1-5-16-7/h1-5,8,12H,6H2,(H,11,13)(H,14,15)/b4-3+/t8-/m0/s1. The molecule has 1 heterocycles. The Balaban J connectivity index is 2.34. The Morgan fingerprint density at radius 1 is 1.56 bits per heavy atom. The number of carbonyl (C=O) groups excluding carboxylic acids is 1. The van der Waals surface area contributed by atoms with Crippen LogP contribution in [0.5, 0.6) is 0 Å². The van der Waals surface area contributed by atoms with Crippen LogP contribution in [0, 0.1) is 0 Å². The van der Waals surface area contributed by atoms with Crippen LogP contribution < -0.4 is 5.32 Å². The van der Waals surface area contributed by atoms with E-state index < -0.39 is 18.0 Å². The zero-order chi connectivity index (χ0) is 12.0. The average Bonchev–Trinajstić information content (AvgIpc) is 2.75. The summed E-state index contributed by atoms with van der Waals surface area (Å²) in [5.41, 5.74) is 0. The van der Waals surface area contributed by atoms with Crippen LogP contribution in [0.2, 0.25) is 0 Å². The lowest BCUT2D eigenvalue weighted by molar-refractivity contribution is -0.146. The highest BCUT2D eigenvalue weighted by molar-refractivity contribution is 7.10. The summed E-state index contributed by atoms with van der Waals surface area (Å²) >= 11 is 1.48. The van der Waals surface area contributed by atoms with Gasteiger partial charge in [0.15, 0.2) is 6.10 Å². The van der Waals surface area contributed by atoms with Crippen molar-refractivity contribution in [2.24, 2.45) is 0 Å². The smallest absolute Gasteiger partial charge is 0.334 e. The second kappa shape index (κ2) is 6.04. The summed E-state index contributed by atoms with van der Waals surface area (Å²) < 4.78 is 0. The molecule has 1 amide bonds. The molecule has 1 rings (SSSR count). The maximum absolute atomic E-state index is 11.2. The SMILES string of the molecule is O=C(/C=C/c1cccs1)NC[C@H](O)C(=O)O. The first kappa shape index (κ1) is 12.4. The Hall–Kier alpha value is -1.66. The van der Waals surface area contributed by atoms with E-state index in [1.54, 1.807) is 6.08 Å². The summed E-state index contributed by atoms with van der Waals surface area (Å²) in [6.07, 6.45) is 1.34. The summed E-state index contributed by atoms with van der Waals surface area (Å²) in [5.74, 6) is -1.80. The molecule has 1 aromatic rings. The zero-order valence-corrected chi connectivity index (χ0v) is 9.11. The zero-order valence-electron chi connectivity index (χ0n) is 8.29. The molecular weight excluding hydrogens is 230 g/mol. The lowest BCUT2D eigenvalue weighted by Gasteiger charge is -2.04. The third-order valence-corrected chi connectivity index (χ3v) is 2.53. The number of hydrogen-bond acceptors (Lipinski definition) is 4. The molecule has 0 saturated carbocycles. The Morgan fingerprint density at radius 3 is 2.88 bits per heavy atom. The molecular formula is C10H11NO4S. The number of carboxylic acid groups (broad SMARTS) is 1. The Kier molecular flexibility index (Phi) is 4.68. The molecule has 1 atom stereocenters. The second-order valence-corrected chi connectivity index (χ2v) is 3.93. The van der Waals surface area contributed by atoms with Crippen molar-refractivity contribution in [3.63, 3.8) is 0 Å². The van der Waals surface area contributed by atoms with Crippen molar-refractivity contribution in [1.29, 1.82) is 0 Å². The molecule has 0 fully saturated rings. The highest BCUT2D eigenvalue weighted by Gasteiger charge is 2.12. The van der Waals surface area contributed by atoms with Crippen molar-refractivity contribution in [3.05, 3.63) is 28.5 Å². The van der Waals surface area contributed by atoms with Crippen molar-refractivity contribution in [3.8, 4) is 0 Å². The number of nitrogens with one attached hydrogen (secondary N) is 1. The van der Waals surface area contributed by atoms with Gasteiger partial charge in [-0.25, -0.2) is 4.79 Å². The normalized spacial score (nSPS) is 12.6. The number of aliphatic carboxylic acids is 1. The van der Waals surface area contributed by atoms with Crippen molar-refractivity contribution in [2.45, 2.75) is 6.10 Å². The molecule has 3 N–H and O–H groups in total. The molecule has 0 unspecified atom stereocenters. The summed E-state index contributed by atoms with van der Waals surface area (Å²) in [4.78, 5) is 22.3. The molecule has 86 valence electrons. The quantitative estimate of drug-likeness (QED) is 0.648. The van der Waals surface area contributed by atoms with Crippen LogP contribution in [0.1, 0.15) is 4.88 Å². The lowest BCUT2D eigenvalue weighted by atomic mass is 10.3. The summed E-state index contributed by atoms with van der Waals surface area (Å²) in [6, 6.07) is 3.71. The largest absolute Gasteiger partial charge is 0.479 e. The van der Waals surface area contributed by atoms with Gasteiger partial charge in [0.05, 0.1) is 6.54 Å². The van der Waals surface area contributed by atoms with Crippen molar-refractivity contribution in [2.75, 3.05) is 6.54 Å². The van der Waals surface area contributed by atoms with E-state index in [-0.39, 0.29) is 6.54 Å². The third-order valence-electron chi connectivity index (χ3n) is 1.70. The predicted octanol–water partition coefficient (Wildman–Crippen LogP) is 0.323. The fraction of sp³-hybridized carbons (Fsp3) is 0.200. The molecule has 0 aliphatic rings. The topological polar surface area (TPSA) is 86.6 Å². The highest BCUT2D eigenvalue weighted by atomic mass is 32.1. The van der Waals surface area contributed by atoms with Gasteiger partial charge in [-0.2, -0.15) is 0 Å². The first-order valence-corrected chi connectivity index (χ1v) is 5.38. The number of carboxylic acids is 1. The molecule has 0 radical (unpaired) electrons. The van der Waals surface area contributed by atoms with Crippen molar-refractivity contribution >= 4 is 29.3 Å². The van der Waals surface area contributed by atoms with Gasteiger partial charge in [-0.1, -0.05) is 6.07 Å². The number of thiophene rings is 1. The molecule has 0 aliphatic heterocycles. The van der Waals surface area contributed by atoms with Gasteiger partial charge in [-0.15, -0.1) is 11.3 Å². The van der Waals surface area contributed by atoms with Gasteiger partial charge < -0.3 is 15.5 Å². The van der Waals surface area contributed by atoms with Crippen LogP contribution in [0.25, 0.3) is 6.08 Å². The minimum Gasteiger partial charge on any atom is -0.479 e. The van der Waals surface area contributed by atoms with Gasteiger partial charge in [-0.05, 0) is 17.5 Å². The van der Waals surface area contributed by atoms with Crippen LogP contribution in [0.4, 0.5) is 0 Å². The fourth-order valence-electron chi connectivity index (χ4n) is 0.887. The van der Waals surface area contributed by atoms with Crippen molar-refractivity contribution < 1.29 is 19.8 Å². The number of amides is 1. The summed E-state index contributed by atoms with van der Waals surface area (Å²) in [5, 5.41) is 21.4. The van der Waals surface area contributed by atoms with E-state index in [1.807, 2.05) is 17.5 Å². The maximum atomic E-state index is 11.2. The first-order valence-electron chi connectivity index (χ1n) is 4.50. The van der Waals surface area contributed by atoms with Gasteiger partial charge in [0.25, 0.3) is 0 Å². The monoisotopic (exact) mass is 241 g/mol. The second-order valence-electron chi connectivity index (χ2n) is 2.95. The molecule has 0 spiro atoms. The van der Waals surface area contributed by atoms with Gasteiger partial charge in [-0.3, -0.25) is 4.79 Å². The Morgan fingerprint density at radius 2 is 2.31 bits per heavy atom. The molecule has 0 aromatic carbocycles. The van der Waals surface area contributed by atoms with Crippen molar-refractivity contribution in [1.82, 2.24) is 5.32 Å².